The summed E-state index contributed by atoms with van der Waals surface area (Å²) in [4.78, 5) is 0. The van der Waals surface area contributed by atoms with Gasteiger partial charge in [0.15, 0.2) is 0 Å². The number of halogens is 2. The monoisotopic (exact) mass is 315 g/mol. The second-order valence-corrected chi connectivity index (χ2v) is 6.77. The van der Waals surface area contributed by atoms with Crippen molar-refractivity contribution in [3.63, 3.8) is 0 Å². The van der Waals surface area contributed by atoms with Crippen LogP contribution in [0, 0.1) is 11.7 Å². The maximum absolute atomic E-state index is 13.9. The van der Waals surface area contributed by atoms with Crippen molar-refractivity contribution >= 4 is 15.9 Å². The van der Waals surface area contributed by atoms with Crippen molar-refractivity contribution in [1.29, 1.82) is 0 Å². The highest BCUT2D eigenvalue weighted by atomic mass is 79.9. The van der Waals surface area contributed by atoms with Crippen molar-refractivity contribution in [2.75, 3.05) is 13.1 Å². The molecule has 1 rings (SSSR count). The molecule has 0 unspecified atom stereocenters. The van der Waals surface area contributed by atoms with E-state index in [0.717, 1.165) is 29.5 Å². The molecule has 0 aliphatic rings. The summed E-state index contributed by atoms with van der Waals surface area (Å²) in [6.07, 6.45) is 0.924. The Morgan fingerprint density at radius 2 is 2.00 bits per heavy atom. The average molecular weight is 316 g/mol. The van der Waals surface area contributed by atoms with Crippen LogP contribution in [0.1, 0.15) is 39.7 Å². The molecule has 1 aromatic rings. The molecule has 0 aliphatic heterocycles. The van der Waals surface area contributed by atoms with Gasteiger partial charge in [0.05, 0.1) is 0 Å². The fourth-order valence-corrected chi connectivity index (χ4v) is 2.30. The van der Waals surface area contributed by atoms with Gasteiger partial charge in [-0.25, -0.2) is 4.39 Å². The normalized spacial score (nSPS) is 12.2. The molecule has 0 saturated heterocycles. The summed E-state index contributed by atoms with van der Waals surface area (Å²) in [5.74, 6) is 0.530. The minimum atomic E-state index is -0.155. The Kier molecular flexibility index (Phi) is 5.80. The molecule has 1 nitrogen and oxygen atoms in total. The molecule has 0 spiro atoms. The third-order valence-corrected chi connectivity index (χ3v) is 3.63. The lowest BCUT2D eigenvalue weighted by molar-refractivity contribution is 0.424. The van der Waals surface area contributed by atoms with Crippen LogP contribution in [0.2, 0.25) is 0 Å². The summed E-state index contributed by atoms with van der Waals surface area (Å²) in [6, 6.07) is 5.16. The maximum Gasteiger partial charge on any atom is 0.127 e. The molecule has 18 heavy (non-hydrogen) atoms. The number of hydrogen-bond acceptors (Lipinski definition) is 1. The minimum absolute atomic E-state index is 0.118. The summed E-state index contributed by atoms with van der Waals surface area (Å²) in [5.41, 5.74) is 0.626. The largest absolute Gasteiger partial charge is 0.316 e. The van der Waals surface area contributed by atoms with Gasteiger partial charge in [-0.05, 0) is 54.6 Å². The quantitative estimate of drug-likeness (QED) is 0.762. The highest BCUT2D eigenvalue weighted by molar-refractivity contribution is 9.10. The van der Waals surface area contributed by atoms with Crippen molar-refractivity contribution in [3.05, 3.63) is 34.1 Å². The van der Waals surface area contributed by atoms with Gasteiger partial charge in [0.2, 0.25) is 0 Å². The van der Waals surface area contributed by atoms with E-state index in [9.17, 15) is 4.39 Å². The molecule has 102 valence electrons. The van der Waals surface area contributed by atoms with Gasteiger partial charge in [-0.15, -0.1) is 0 Å². The van der Waals surface area contributed by atoms with Crippen LogP contribution in [0.3, 0.4) is 0 Å². The Morgan fingerprint density at radius 3 is 2.61 bits per heavy atom. The number of hydrogen-bond donors (Lipinski definition) is 1. The van der Waals surface area contributed by atoms with Crippen LogP contribution in [0.25, 0.3) is 0 Å². The third-order valence-electron chi connectivity index (χ3n) is 3.14. The first-order chi connectivity index (χ1) is 8.33. The van der Waals surface area contributed by atoms with E-state index in [1.807, 2.05) is 6.07 Å². The van der Waals surface area contributed by atoms with Crippen molar-refractivity contribution < 1.29 is 4.39 Å². The molecule has 0 fully saturated rings. The zero-order valence-corrected chi connectivity index (χ0v) is 13.3. The van der Waals surface area contributed by atoms with Crippen molar-refractivity contribution in [2.45, 2.75) is 39.5 Å². The fourth-order valence-electron chi connectivity index (χ4n) is 1.94. The van der Waals surface area contributed by atoms with Crippen molar-refractivity contribution in [3.8, 4) is 0 Å². The smallest absolute Gasteiger partial charge is 0.127 e. The standard InChI is InChI=1S/C15H23BrFN/c1-11(2)10-18-8-7-15(3,4)13-9-12(16)5-6-14(13)17/h5-6,9,11,18H,7-8,10H2,1-4H3. The summed E-state index contributed by atoms with van der Waals surface area (Å²) in [7, 11) is 0. The Balaban J connectivity index is 2.64. The highest BCUT2D eigenvalue weighted by Gasteiger charge is 2.23. The van der Waals surface area contributed by atoms with E-state index >= 15 is 0 Å². The Hall–Kier alpha value is -0.410. The first kappa shape index (κ1) is 15.6. The molecule has 0 bridgehead atoms. The molecule has 1 N–H and O–H groups in total. The Labute approximate surface area is 118 Å². The van der Waals surface area contributed by atoms with E-state index < -0.39 is 0 Å². The molecule has 0 atom stereocenters. The average Bonchev–Trinajstić information content (AvgIpc) is 2.27. The number of nitrogens with one attached hydrogen (secondary N) is 1. The molecule has 0 aliphatic carbocycles. The van der Waals surface area contributed by atoms with Gasteiger partial charge in [-0.1, -0.05) is 43.6 Å². The lowest BCUT2D eigenvalue weighted by Crippen LogP contribution is -2.28. The highest BCUT2D eigenvalue weighted by Crippen LogP contribution is 2.30. The molecular formula is C15H23BrFN. The van der Waals surface area contributed by atoms with E-state index in [2.05, 4.69) is 48.9 Å². The topological polar surface area (TPSA) is 12.0 Å². The van der Waals surface area contributed by atoms with E-state index in [0.29, 0.717) is 5.92 Å². The Morgan fingerprint density at radius 1 is 1.33 bits per heavy atom. The fraction of sp³-hybridized carbons (Fsp3) is 0.600. The van der Waals surface area contributed by atoms with Gasteiger partial charge in [0.1, 0.15) is 5.82 Å². The molecule has 0 amide bonds. The first-order valence-electron chi connectivity index (χ1n) is 6.49. The number of rotatable bonds is 6. The molecule has 0 heterocycles. The second-order valence-electron chi connectivity index (χ2n) is 5.86. The van der Waals surface area contributed by atoms with Crippen LogP contribution in [0.4, 0.5) is 4.39 Å². The summed E-state index contributed by atoms with van der Waals surface area (Å²) < 4.78 is 14.8. The maximum atomic E-state index is 13.9. The summed E-state index contributed by atoms with van der Waals surface area (Å²) in [6.45, 7) is 10.5. The van der Waals surface area contributed by atoms with E-state index in [-0.39, 0.29) is 11.2 Å². The molecular weight excluding hydrogens is 293 g/mol. The van der Waals surface area contributed by atoms with Gasteiger partial charge in [-0.2, -0.15) is 0 Å². The minimum Gasteiger partial charge on any atom is -0.316 e. The SMILES string of the molecule is CC(C)CNCCC(C)(C)c1cc(Br)ccc1F. The Bertz CT molecular complexity index is 388. The van der Waals surface area contributed by atoms with Gasteiger partial charge in [0, 0.05) is 4.47 Å². The van der Waals surface area contributed by atoms with Crippen LogP contribution in [-0.2, 0) is 5.41 Å². The summed E-state index contributed by atoms with van der Waals surface area (Å²) in [5, 5.41) is 3.41. The van der Waals surface area contributed by atoms with Gasteiger partial charge in [0.25, 0.3) is 0 Å². The predicted molar refractivity (Wildman–Crippen MR) is 79.5 cm³/mol. The van der Waals surface area contributed by atoms with Gasteiger partial charge in [-0.3, -0.25) is 0 Å². The lowest BCUT2D eigenvalue weighted by Gasteiger charge is -2.26. The molecule has 1 aromatic carbocycles. The molecule has 0 radical (unpaired) electrons. The van der Waals surface area contributed by atoms with Gasteiger partial charge >= 0.3 is 0 Å². The van der Waals surface area contributed by atoms with Crippen LogP contribution < -0.4 is 5.32 Å². The van der Waals surface area contributed by atoms with Crippen LogP contribution >= 0.6 is 15.9 Å². The van der Waals surface area contributed by atoms with Crippen LogP contribution in [0.5, 0.6) is 0 Å². The zero-order chi connectivity index (χ0) is 13.8. The molecule has 0 saturated carbocycles. The van der Waals surface area contributed by atoms with E-state index in [1.54, 1.807) is 6.07 Å². The van der Waals surface area contributed by atoms with Gasteiger partial charge < -0.3 is 5.32 Å². The predicted octanol–water partition coefficient (Wildman–Crippen LogP) is 4.50. The van der Waals surface area contributed by atoms with Crippen LogP contribution in [0.15, 0.2) is 22.7 Å². The van der Waals surface area contributed by atoms with Crippen molar-refractivity contribution in [2.24, 2.45) is 5.92 Å². The molecule has 0 aromatic heterocycles. The first-order valence-corrected chi connectivity index (χ1v) is 7.28. The van der Waals surface area contributed by atoms with E-state index in [4.69, 9.17) is 0 Å². The third kappa shape index (κ3) is 4.69. The zero-order valence-electron chi connectivity index (χ0n) is 11.7. The second kappa shape index (κ2) is 6.67. The van der Waals surface area contributed by atoms with E-state index in [1.165, 1.54) is 6.07 Å². The van der Waals surface area contributed by atoms with Crippen molar-refractivity contribution in [1.82, 2.24) is 5.32 Å². The summed E-state index contributed by atoms with van der Waals surface area (Å²) >= 11 is 3.41. The molecule has 3 heteroatoms. The van der Waals surface area contributed by atoms with Crippen LogP contribution in [-0.4, -0.2) is 13.1 Å². The lowest BCUT2D eigenvalue weighted by atomic mass is 9.81. The number of benzene rings is 1.